The molecule has 1 saturated heterocycles. The summed E-state index contributed by atoms with van der Waals surface area (Å²) in [5.41, 5.74) is 0. The minimum atomic E-state index is -0.744. The van der Waals surface area contributed by atoms with Crippen molar-refractivity contribution in [3.05, 3.63) is 23.7 Å². The van der Waals surface area contributed by atoms with E-state index in [1.807, 2.05) is 0 Å². The lowest BCUT2D eigenvalue weighted by Crippen LogP contribution is -2.21. The monoisotopic (exact) mass is 254 g/mol. The van der Waals surface area contributed by atoms with E-state index in [1.165, 1.54) is 13.2 Å². The molecule has 5 nitrogen and oxygen atoms in total. The normalized spacial score (nSPS) is 21.6. The molecule has 0 aliphatic carbocycles. The largest absolute Gasteiger partial charge is 0.463 e. The van der Waals surface area contributed by atoms with Crippen LogP contribution in [0, 0.1) is 0 Å². The molecule has 5 heteroatoms. The van der Waals surface area contributed by atoms with Gasteiger partial charge in [-0.25, -0.2) is 4.79 Å². The molecular formula is C13H18O5. The van der Waals surface area contributed by atoms with E-state index < -0.39 is 12.1 Å². The fourth-order valence-corrected chi connectivity index (χ4v) is 2.10. The van der Waals surface area contributed by atoms with E-state index in [4.69, 9.17) is 9.15 Å². The Bertz CT molecular complexity index is 392. The molecule has 2 rings (SSSR count). The number of carbonyl (C=O) groups is 1. The Balaban J connectivity index is 1.93. The van der Waals surface area contributed by atoms with Gasteiger partial charge in [0.1, 0.15) is 11.9 Å². The van der Waals surface area contributed by atoms with Crippen molar-refractivity contribution >= 4 is 5.97 Å². The SMILES string of the molecule is COC(=O)c1ccc(C(O)CC2CCCCO2)o1. The first-order chi connectivity index (χ1) is 8.70. The van der Waals surface area contributed by atoms with Gasteiger partial charge in [-0.2, -0.15) is 0 Å². The van der Waals surface area contributed by atoms with Crippen molar-refractivity contribution in [1.29, 1.82) is 0 Å². The molecule has 1 aromatic rings. The average Bonchev–Trinajstić information content (AvgIpc) is 2.88. The summed E-state index contributed by atoms with van der Waals surface area (Å²) in [6, 6.07) is 3.10. The Kier molecular flexibility index (Phi) is 4.38. The number of hydrogen-bond donors (Lipinski definition) is 1. The molecule has 1 aliphatic heterocycles. The van der Waals surface area contributed by atoms with Crippen molar-refractivity contribution in [3.8, 4) is 0 Å². The van der Waals surface area contributed by atoms with Crippen LogP contribution < -0.4 is 0 Å². The fraction of sp³-hybridized carbons (Fsp3) is 0.615. The molecule has 2 atom stereocenters. The number of esters is 1. The minimum Gasteiger partial charge on any atom is -0.463 e. The molecule has 100 valence electrons. The third kappa shape index (κ3) is 3.11. The lowest BCUT2D eigenvalue weighted by atomic mass is 10.0. The number of aliphatic hydroxyl groups is 1. The van der Waals surface area contributed by atoms with Gasteiger partial charge in [0.25, 0.3) is 0 Å². The maximum atomic E-state index is 11.2. The molecule has 1 N–H and O–H groups in total. The summed E-state index contributed by atoms with van der Waals surface area (Å²) >= 11 is 0. The van der Waals surface area contributed by atoms with Crippen molar-refractivity contribution in [2.75, 3.05) is 13.7 Å². The van der Waals surface area contributed by atoms with Crippen molar-refractivity contribution in [2.45, 2.75) is 37.9 Å². The third-order valence-electron chi connectivity index (χ3n) is 3.10. The molecule has 0 amide bonds. The highest BCUT2D eigenvalue weighted by molar-refractivity contribution is 5.86. The van der Waals surface area contributed by atoms with Crippen LogP contribution in [-0.2, 0) is 9.47 Å². The van der Waals surface area contributed by atoms with Crippen LogP contribution in [0.5, 0.6) is 0 Å². The molecule has 1 fully saturated rings. The summed E-state index contributed by atoms with van der Waals surface area (Å²) in [6.45, 7) is 0.753. The predicted molar refractivity (Wildman–Crippen MR) is 63.2 cm³/mol. The Morgan fingerprint density at radius 1 is 1.56 bits per heavy atom. The van der Waals surface area contributed by atoms with Gasteiger partial charge in [0.15, 0.2) is 0 Å². The number of aliphatic hydroxyl groups excluding tert-OH is 1. The van der Waals surface area contributed by atoms with Crippen LogP contribution in [0.2, 0.25) is 0 Å². The van der Waals surface area contributed by atoms with Gasteiger partial charge in [-0.05, 0) is 31.4 Å². The number of furan rings is 1. The van der Waals surface area contributed by atoms with Crippen LogP contribution in [0.15, 0.2) is 16.5 Å². The zero-order chi connectivity index (χ0) is 13.0. The van der Waals surface area contributed by atoms with Crippen molar-refractivity contribution in [1.82, 2.24) is 0 Å². The molecule has 0 aromatic carbocycles. The highest BCUT2D eigenvalue weighted by Gasteiger charge is 2.22. The second-order valence-electron chi connectivity index (χ2n) is 4.43. The summed E-state index contributed by atoms with van der Waals surface area (Å²) < 4.78 is 15.4. The van der Waals surface area contributed by atoms with Gasteiger partial charge < -0.3 is 19.0 Å². The lowest BCUT2D eigenvalue weighted by Gasteiger charge is -2.24. The van der Waals surface area contributed by atoms with Gasteiger partial charge in [-0.1, -0.05) is 0 Å². The average molecular weight is 254 g/mol. The van der Waals surface area contributed by atoms with E-state index in [0.717, 1.165) is 25.9 Å². The van der Waals surface area contributed by atoms with Crippen molar-refractivity contribution in [2.24, 2.45) is 0 Å². The maximum Gasteiger partial charge on any atom is 0.373 e. The first-order valence-corrected chi connectivity index (χ1v) is 6.18. The van der Waals surface area contributed by atoms with Crippen LogP contribution in [0.4, 0.5) is 0 Å². The van der Waals surface area contributed by atoms with E-state index in [0.29, 0.717) is 12.2 Å². The molecule has 0 radical (unpaired) electrons. The van der Waals surface area contributed by atoms with E-state index in [2.05, 4.69) is 4.74 Å². The molecule has 0 bridgehead atoms. The van der Waals surface area contributed by atoms with Crippen molar-refractivity contribution in [3.63, 3.8) is 0 Å². The van der Waals surface area contributed by atoms with Crippen molar-refractivity contribution < 1.29 is 23.8 Å². The van der Waals surface area contributed by atoms with Crippen LogP contribution in [0.3, 0.4) is 0 Å². The summed E-state index contributed by atoms with van der Waals surface area (Å²) in [6.07, 6.45) is 2.99. The molecule has 1 aromatic heterocycles. The van der Waals surface area contributed by atoms with Crippen LogP contribution in [-0.4, -0.2) is 30.9 Å². The molecule has 0 saturated carbocycles. The highest BCUT2D eigenvalue weighted by Crippen LogP contribution is 2.26. The van der Waals surface area contributed by atoms with E-state index >= 15 is 0 Å². The van der Waals surface area contributed by atoms with Gasteiger partial charge in [0, 0.05) is 13.0 Å². The maximum absolute atomic E-state index is 11.2. The van der Waals surface area contributed by atoms with Crippen LogP contribution in [0.25, 0.3) is 0 Å². The van der Waals surface area contributed by atoms with Crippen LogP contribution >= 0.6 is 0 Å². The highest BCUT2D eigenvalue weighted by atomic mass is 16.5. The Labute approximate surface area is 106 Å². The van der Waals surface area contributed by atoms with Gasteiger partial charge in [-0.15, -0.1) is 0 Å². The second kappa shape index (κ2) is 6.02. The minimum absolute atomic E-state index is 0.0698. The van der Waals surface area contributed by atoms with Gasteiger partial charge in [0.2, 0.25) is 5.76 Å². The standard InChI is InChI=1S/C13H18O5/c1-16-13(15)12-6-5-11(18-12)10(14)8-9-4-2-3-7-17-9/h5-6,9-10,14H,2-4,7-8H2,1H3. The topological polar surface area (TPSA) is 68.9 Å². The van der Waals surface area contributed by atoms with E-state index in [1.54, 1.807) is 6.07 Å². The Hall–Kier alpha value is -1.33. The van der Waals surface area contributed by atoms with E-state index in [9.17, 15) is 9.90 Å². The number of ether oxygens (including phenoxy) is 2. The molecular weight excluding hydrogens is 236 g/mol. The number of methoxy groups -OCH3 is 1. The molecule has 0 spiro atoms. The van der Waals surface area contributed by atoms with Crippen LogP contribution in [0.1, 0.15) is 48.1 Å². The van der Waals surface area contributed by atoms with Gasteiger partial charge in [-0.3, -0.25) is 0 Å². The fourth-order valence-electron chi connectivity index (χ4n) is 2.10. The number of rotatable bonds is 4. The third-order valence-corrected chi connectivity index (χ3v) is 3.10. The molecule has 2 heterocycles. The zero-order valence-electron chi connectivity index (χ0n) is 10.4. The second-order valence-corrected chi connectivity index (χ2v) is 4.43. The Morgan fingerprint density at radius 3 is 3.06 bits per heavy atom. The molecule has 18 heavy (non-hydrogen) atoms. The first kappa shape index (κ1) is 13.1. The lowest BCUT2D eigenvalue weighted by molar-refractivity contribution is -0.0196. The summed E-state index contributed by atoms with van der Waals surface area (Å²) in [4.78, 5) is 11.2. The molecule has 1 aliphatic rings. The number of hydrogen-bond acceptors (Lipinski definition) is 5. The zero-order valence-corrected chi connectivity index (χ0v) is 10.4. The predicted octanol–water partition coefficient (Wildman–Crippen LogP) is 2.06. The quantitative estimate of drug-likeness (QED) is 0.833. The summed E-state index contributed by atoms with van der Waals surface area (Å²) in [7, 11) is 1.29. The molecule has 2 unspecified atom stereocenters. The summed E-state index contributed by atoms with van der Waals surface area (Å²) in [5, 5.41) is 10.0. The summed E-state index contributed by atoms with van der Waals surface area (Å²) in [5.74, 6) is -0.0527. The first-order valence-electron chi connectivity index (χ1n) is 6.18. The van der Waals surface area contributed by atoms with Gasteiger partial charge >= 0.3 is 5.97 Å². The van der Waals surface area contributed by atoms with E-state index in [-0.39, 0.29) is 11.9 Å². The Morgan fingerprint density at radius 2 is 2.39 bits per heavy atom. The van der Waals surface area contributed by atoms with Gasteiger partial charge in [0.05, 0.1) is 13.2 Å². The smallest absolute Gasteiger partial charge is 0.373 e. The number of carbonyl (C=O) groups excluding carboxylic acids is 1.